The first-order chi connectivity index (χ1) is 27.7. The highest BCUT2D eigenvalue weighted by atomic mass is 16.3. The highest BCUT2D eigenvalue weighted by Crippen LogP contribution is 2.39. The van der Waals surface area contributed by atoms with Gasteiger partial charge in [-0.1, -0.05) is 152 Å². The number of rotatable bonds is 6. The molecule has 0 saturated heterocycles. The van der Waals surface area contributed by atoms with E-state index < -0.39 is 0 Å². The van der Waals surface area contributed by atoms with E-state index in [1.165, 1.54) is 22.3 Å². The number of fused-ring (bicyclic) bond motifs is 6. The molecule has 5 heteroatoms. The van der Waals surface area contributed by atoms with Gasteiger partial charge in [-0.2, -0.15) is 0 Å². The first-order valence-corrected chi connectivity index (χ1v) is 18.7. The predicted molar refractivity (Wildman–Crippen MR) is 227 cm³/mol. The molecule has 56 heavy (non-hydrogen) atoms. The Balaban J connectivity index is 0.968. The summed E-state index contributed by atoms with van der Waals surface area (Å²) in [5, 5.41) is 4.18. The van der Waals surface area contributed by atoms with Crippen molar-refractivity contribution in [3.63, 3.8) is 0 Å². The maximum atomic E-state index is 6.59. The number of nitrogens with zero attached hydrogens (tertiary/aromatic N) is 3. The minimum Gasteiger partial charge on any atom is -0.456 e. The van der Waals surface area contributed by atoms with Gasteiger partial charge in [-0.05, 0) is 64.2 Å². The molecule has 0 amide bonds. The quantitative estimate of drug-likeness (QED) is 0.171. The third-order valence-electron chi connectivity index (χ3n) is 10.6. The average molecular weight is 718 g/mol. The Morgan fingerprint density at radius 2 is 0.750 bits per heavy atom. The zero-order valence-electron chi connectivity index (χ0n) is 30.1. The summed E-state index contributed by atoms with van der Waals surface area (Å²) in [5.41, 5.74) is 12.8. The van der Waals surface area contributed by atoms with Gasteiger partial charge in [-0.15, -0.1) is 0 Å². The highest BCUT2D eigenvalue weighted by molar-refractivity contribution is 6.10. The van der Waals surface area contributed by atoms with Crippen LogP contribution < -0.4 is 0 Å². The Kier molecular flexibility index (Phi) is 7.42. The molecule has 0 radical (unpaired) electrons. The summed E-state index contributed by atoms with van der Waals surface area (Å²) >= 11 is 0. The lowest BCUT2D eigenvalue weighted by Crippen LogP contribution is -2.00. The second kappa shape index (κ2) is 13.0. The fourth-order valence-corrected chi connectivity index (χ4v) is 7.71. The third kappa shape index (κ3) is 5.53. The van der Waals surface area contributed by atoms with Gasteiger partial charge >= 0.3 is 0 Å². The van der Waals surface area contributed by atoms with Crippen LogP contribution >= 0.6 is 0 Å². The Bertz CT molecular complexity index is 3220. The zero-order valence-corrected chi connectivity index (χ0v) is 30.1. The summed E-state index contributed by atoms with van der Waals surface area (Å²) in [7, 11) is 0. The van der Waals surface area contributed by atoms with Gasteiger partial charge in [0.2, 0.25) is 0 Å². The topological polar surface area (TPSA) is 65.0 Å². The van der Waals surface area contributed by atoms with E-state index in [4.69, 9.17) is 23.8 Å². The lowest BCUT2D eigenvalue weighted by molar-refractivity contribution is 0.669. The van der Waals surface area contributed by atoms with Crippen LogP contribution in [-0.2, 0) is 0 Å². The monoisotopic (exact) mass is 717 g/mol. The number of hydrogen-bond acceptors (Lipinski definition) is 5. The fraction of sp³-hybridized carbons (Fsp3) is 0. The van der Waals surface area contributed by atoms with Crippen molar-refractivity contribution in [1.82, 2.24) is 15.0 Å². The number of furan rings is 2. The van der Waals surface area contributed by atoms with Crippen molar-refractivity contribution in [2.45, 2.75) is 0 Å². The van der Waals surface area contributed by atoms with Crippen LogP contribution in [0, 0.1) is 0 Å². The van der Waals surface area contributed by atoms with Crippen LogP contribution in [0.4, 0.5) is 0 Å². The molecule has 0 aliphatic rings. The fourth-order valence-electron chi connectivity index (χ4n) is 7.71. The van der Waals surface area contributed by atoms with Gasteiger partial charge in [-0.25, -0.2) is 15.0 Å². The normalized spacial score (nSPS) is 11.6. The van der Waals surface area contributed by atoms with Crippen molar-refractivity contribution < 1.29 is 8.83 Å². The summed E-state index contributed by atoms with van der Waals surface area (Å²) in [6.45, 7) is 0. The number of benzene rings is 8. The lowest BCUT2D eigenvalue weighted by atomic mass is 9.97. The molecular formula is C51H31N3O2. The molecule has 0 aliphatic heterocycles. The molecule has 0 saturated carbocycles. The average Bonchev–Trinajstić information content (AvgIpc) is 3.85. The minimum atomic E-state index is 0.575. The van der Waals surface area contributed by atoms with Crippen molar-refractivity contribution in [2.75, 3.05) is 0 Å². The molecule has 3 heterocycles. The van der Waals surface area contributed by atoms with E-state index in [-0.39, 0.29) is 0 Å². The summed E-state index contributed by atoms with van der Waals surface area (Å²) in [4.78, 5) is 15.0. The molecule has 0 spiro atoms. The first-order valence-electron chi connectivity index (χ1n) is 18.7. The van der Waals surface area contributed by atoms with E-state index in [1.54, 1.807) is 0 Å². The van der Waals surface area contributed by atoms with Gasteiger partial charge in [-0.3, -0.25) is 0 Å². The van der Waals surface area contributed by atoms with Crippen molar-refractivity contribution in [3.05, 3.63) is 188 Å². The van der Waals surface area contributed by atoms with Crippen LogP contribution in [0.5, 0.6) is 0 Å². The number of aromatic nitrogens is 3. The van der Waals surface area contributed by atoms with Crippen LogP contribution in [0.15, 0.2) is 197 Å². The third-order valence-corrected chi connectivity index (χ3v) is 10.6. The molecule has 3 aromatic heterocycles. The van der Waals surface area contributed by atoms with Gasteiger partial charge in [0.25, 0.3) is 0 Å². The van der Waals surface area contributed by atoms with E-state index in [0.29, 0.717) is 17.5 Å². The molecular weight excluding hydrogens is 687 g/mol. The molecule has 5 nitrogen and oxygen atoms in total. The minimum absolute atomic E-state index is 0.575. The highest BCUT2D eigenvalue weighted by Gasteiger charge is 2.17. The Morgan fingerprint density at radius 3 is 1.45 bits per heavy atom. The molecule has 0 fully saturated rings. The van der Waals surface area contributed by atoms with Gasteiger partial charge in [0, 0.05) is 43.8 Å². The van der Waals surface area contributed by atoms with Gasteiger partial charge in [0.15, 0.2) is 17.5 Å². The summed E-state index contributed by atoms with van der Waals surface area (Å²) in [5.74, 6) is 1.76. The van der Waals surface area contributed by atoms with Crippen molar-refractivity contribution >= 4 is 43.9 Å². The standard InChI is InChI=1S/C51H31N3O2/c1-3-10-32(11-4-1)33-18-20-34(21-19-33)35-22-24-36(25-23-35)40-15-9-16-43-44-30-38(27-29-46(44)56-48(40)43)50-52-49(37-12-5-2-6-13-37)53-51(54-50)39-26-28-42-41-14-7-8-17-45(41)55-47(42)31-39/h1-31H. The van der Waals surface area contributed by atoms with Gasteiger partial charge < -0.3 is 8.83 Å². The zero-order chi connectivity index (χ0) is 37.0. The van der Waals surface area contributed by atoms with E-state index >= 15 is 0 Å². The first kappa shape index (κ1) is 31.9. The molecule has 0 atom stereocenters. The van der Waals surface area contributed by atoms with E-state index in [2.05, 4.69) is 115 Å². The number of para-hydroxylation sites is 2. The largest absolute Gasteiger partial charge is 0.456 e. The summed E-state index contributed by atoms with van der Waals surface area (Å²) in [6, 6.07) is 64.7. The predicted octanol–water partition coefficient (Wildman–Crippen LogP) is 13.7. The van der Waals surface area contributed by atoms with Gasteiger partial charge in [0.1, 0.15) is 22.3 Å². The molecule has 0 bridgehead atoms. The van der Waals surface area contributed by atoms with Gasteiger partial charge in [0.05, 0.1) is 0 Å². The van der Waals surface area contributed by atoms with E-state index in [0.717, 1.165) is 71.7 Å². The smallest absolute Gasteiger partial charge is 0.164 e. The lowest BCUT2D eigenvalue weighted by Gasteiger charge is -2.08. The molecule has 11 rings (SSSR count). The Morgan fingerprint density at radius 1 is 0.268 bits per heavy atom. The Labute approximate surface area is 322 Å². The van der Waals surface area contributed by atoms with Crippen LogP contribution in [0.3, 0.4) is 0 Å². The second-order valence-electron chi connectivity index (χ2n) is 14.0. The van der Waals surface area contributed by atoms with E-state index in [1.807, 2.05) is 72.8 Å². The number of hydrogen-bond donors (Lipinski definition) is 0. The van der Waals surface area contributed by atoms with E-state index in [9.17, 15) is 0 Å². The maximum Gasteiger partial charge on any atom is 0.164 e. The molecule has 11 aromatic rings. The molecule has 262 valence electrons. The van der Waals surface area contributed by atoms with Crippen LogP contribution in [0.25, 0.3) is 111 Å². The van der Waals surface area contributed by atoms with Crippen LogP contribution in [0.1, 0.15) is 0 Å². The maximum absolute atomic E-state index is 6.59. The molecule has 0 N–H and O–H groups in total. The van der Waals surface area contributed by atoms with Crippen molar-refractivity contribution in [1.29, 1.82) is 0 Å². The Hall–Kier alpha value is -7.63. The molecule has 0 unspecified atom stereocenters. The SMILES string of the molecule is c1ccc(-c2ccc(-c3ccc(-c4cccc5c4oc4ccc(-c6nc(-c7ccccc7)nc(-c7ccc8c(c7)oc7ccccc78)n6)cc45)cc3)cc2)cc1. The molecule has 0 aliphatic carbocycles. The van der Waals surface area contributed by atoms with Crippen LogP contribution in [0.2, 0.25) is 0 Å². The van der Waals surface area contributed by atoms with Crippen molar-refractivity contribution in [2.24, 2.45) is 0 Å². The summed E-state index contributed by atoms with van der Waals surface area (Å²) in [6.07, 6.45) is 0. The molecule has 8 aromatic carbocycles. The van der Waals surface area contributed by atoms with Crippen LogP contribution in [-0.4, -0.2) is 15.0 Å². The van der Waals surface area contributed by atoms with Crippen molar-refractivity contribution in [3.8, 4) is 67.5 Å². The summed E-state index contributed by atoms with van der Waals surface area (Å²) < 4.78 is 12.8. The second-order valence-corrected chi connectivity index (χ2v) is 14.0.